The van der Waals surface area contributed by atoms with E-state index in [1.54, 1.807) is 12.1 Å². The normalized spacial score (nSPS) is 13.3. The molecule has 1 aliphatic carbocycles. The first kappa shape index (κ1) is 21.7. The number of hydrogen-bond donors (Lipinski definition) is 1. The number of ether oxygens (including phenoxy) is 1. The molecule has 32 heavy (non-hydrogen) atoms. The molecule has 1 fully saturated rings. The SMILES string of the molecule is CC(=O)Oc1c(-c2ccc(NC(=O)C3CC3)cc2)c(CC(C)C)nn1-c1ccc(F)cc1. The second-order valence-corrected chi connectivity index (χ2v) is 8.55. The zero-order valence-corrected chi connectivity index (χ0v) is 18.4. The Morgan fingerprint density at radius 1 is 1.12 bits per heavy atom. The number of carbonyl (C=O) groups excluding carboxylic acids is 2. The molecule has 3 aromatic rings. The summed E-state index contributed by atoms with van der Waals surface area (Å²) in [6.07, 6.45) is 2.55. The lowest BCUT2D eigenvalue weighted by molar-refractivity contribution is -0.132. The van der Waals surface area contributed by atoms with Crippen LogP contribution < -0.4 is 10.1 Å². The van der Waals surface area contributed by atoms with Gasteiger partial charge in [-0.2, -0.15) is 9.78 Å². The number of carbonyl (C=O) groups is 2. The highest BCUT2D eigenvalue weighted by Crippen LogP contribution is 2.38. The first-order valence-corrected chi connectivity index (χ1v) is 10.8. The van der Waals surface area contributed by atoms with E-state index in [1.165, 1.54) is 23.7 Å². The molecule has 0 spiro atoms. The van der Waals surface area contributed by atoms with Crippen molar-refractivity contribution in [3.8, 4) is 22.7 Å². The fourth-order valence-electron chi connectivity index (χ4n) is 3.56. The summed E-state index contributed by atoms with van der Waals surface area (Å²) >= 11 is 0. The summed E-state index contributed by atoms with van der Waals surface area (Å²) in [5.74, 6) is -0.0674. The highest BCUT2D eigenvalue weighted by Gasteiger charge is 2.29. The van der Waals surface area contributed by atoms with E-state index in [2.05, 4.69) is 19.2 Å². The number of aromatic nitrogens is 2. The van der Waals surface area contributed by atoms with E-state index in [-0.39, 0.29) is 23.5 Å². The predicted molar refractivity (Wildman–Crippen MR) is 120 cm³/mol. The van der Waals surface area contributed by atoms with Gasteiger partial charge in [0.25, 0.3) is 0 Å². The van der Waals surface area contributed by atoms with Gasteiger partial charge in [-0.15, -0.1) is 0 Å². The summed E-state index contributed by atoms with van der Waals surface area (Å²) in [6.45, 7) is 5.51. The lowest BCUT2D eigenvalue weighted by atomic mass is 9.99. The third-order valence-electron chi connectivity index (χ3n) is 5.22. The Balaban J connectivity index is 1.78. The summed E-state index contributed by atoms with van der Waals surface area (Å²) in [4.78, 5) is 24.0. The topological polar surface area (TPSA) is 73.2 Å². The molecule has 2 aromatic carbocycles. The van der Waals surface area contributed by atoms with Crippen molar-refractivity contribution in [1.82, 2.24) is 9.78 Å². The number of anilines is 1. The molecule has 0 aliphatic heterocycles. The Morgan fingerprint density at radius 2 is 1.78 bits per heavy atom. The Bertz CT molecular complexity index is 1130. The molecule has 1 saturated carbocycles. The van der Waals surface area contributed by atoms with Crippen LogP contribution in [0.1, 0.15) is 39.3 Å². The molecule has 0 unspecified atom stereocenters. The molecular weight excluding hydrogens is 409 g/mol. The Morgan fingerprint density at radius 3 is 2.34 bits per heavy atom. The summed E-state index contributed by atoms with van der Waals surface area (Å²) in [7, 11) is 0. The van der Waals surface area contributed by atoms with E-state index >= 15 is 0 Å². The quantitative estimate of drug-likeness (QED) is 0.521. The first-order chi connectivity index (χ1) is 15.3. The van der Waals surface area contributed by atoms with Crippen LogP contribution in [0.4, 0.5) is 10.1 Å². The van der Waals surface area contributed by atoms with Gasteiger partial charge in [-0.1, -0.05) is 26.0 Å². The Kier molecular flexibility index (Phi) is 6.08. The number of esters is 1. The highest BCUT2D eigenvalue weighted by molar-refractivity contribution is 5.94. The molecule has 0 saturated heterocycles. The number of nitrogens with zero attached hydrogens (tertiary/aromatic N) is 2. The van der Waals surface area contributed by atoms with Crippen molar-refractivity contribution in [3.05, 3.63) is 60.0 Å². The molecule has 1 aromatic heterocycles. The lowest BCUT2D eigenvalue weighted by Crippen LogP contribution is -2.13. The van der Waals surface area contributed by atoms with Gasteiger partial charge in [0.05, 0.1) is 16.9 Å². The maximum atomic E-state index is 13.5. The van der Waals surface area contributed by atoms with E-state index < -0.39 is 5.97 Å². The predicted octanol–water partition coefficient (Wildman–Crippen LogP) is 5.15. The van der Waals surface area contributed by atoms with Gasteiger partial charge in [0.15, 0.2) is 0 Å². The van der Waals surface area contributed by atoms with E-state index in [0.717, 1.165) is 29.8 Å². The van der Waals surface area contributed by atoms with Crippen molar-refractivity contribution in [3.63, 3.8) is 0 Å². The van der Waals surface area contributed by atoms with Gasteiger partial charge < -0.3 is 10.1 Å². The maximum absolute atomic E-state index is 13.5. The van der Waals surface area contributed by atoms with Crippen LogP contribution in [0.25, 0.3) is 16.8 Å². The first-order valence-electron chi connectivity index (χ1n) is 10.8. The van der Waals surface area contributed by atoms with Crippen LogP contribution in [0, 0.1) is 17.7 Å². The van der Waals surface area contributed by atoms with Crippen LogP contribution in [0.3, 0.4) is 0 Å². The van der Waals surface area contributed by atoms with Gasteiger partial charge in [-0.05, 0) is 67.1 Å². The minimum absolute atomic E-state index is 0.0444. The van der Waals surface area contributed by atoms with Gasteiger partial charge in [-0.25, -0.2) is 4.39 Å². The summed E-state index contributed by atoms with van der Waals surface area (Å²) < 4.78 is 20.6. The van der Waals surface area contributed by atoms with Crippen LogP contribution in [-0.4, -0.2) is 21.7 Å². The smallest absolute Gasteiger partial charge is 0.309 e. The van der Waals surface area contributed by atoms with Gasteiger partial charge in [0.1, 0.15) is 5.82 Å². The second kappa shape index (κ2) is 8.94. The molecule has 1 N–H and O–H groups in total. The van der Waals surface area contributed by atoms with Crippen molar-refractivity contribution >= 4 is 17.6 Å². The van der Waals surface area contributed by atoms with Gasteiger partial charge in [-0.3, -0.25) is 9.59 Å². The third-order valence-corrected chi connectivity index (χ3v) is 5.22. The molecular formula is C25H26FN3O3. The monoisotopic (exact) mass is 435 g/mol. The average molecular weight is 435 g/mol. The molecule has 4 rings (SSSR count). The molecule has 1 heterocycles. The van der Waals surface area contributed by atoms with E-state index in [1.807, 2.05) is 24.3 Å². The van der Waals surface area contributed by atoms with Crippen molar-refractivity contribution in [2.45, 2.75) is 40.0 Å². The fraction of sp³-hybridized carbons (Fsp3) is 0.320. The number of rotatable bonds is 7. The second-order valence-electron chi connectivity index (χ2n) is 8.55. The lowest BCUT2D eigenvalue weighted by Gasteiger charge is -2.11. The minimum atomic E-state index is -0.473. The van der Waals surface area contributed by atoms with Crippen LogP contribution in [-0.2, 0) is 16.0 Å². The fourth-order valence-corrected chi connectivity index (χ4v) is 3.56. The van der Waals surface area contributed by atoms with E-state index in [9.17, 15) is 14.0 Å². The van der Waals surface area contributed by atoms with Gasteiger partial charge in [0.2, 0.25) is 11.8 Å². The van der Waals surface area contributed by atoms with Gasteiger partial charge >= 0.3 is 5.97 Å². The zero-order chi connectivity index (χ0) is 22.8. The van der Waals surface area contributed by atoms with Crippen LogP contribution in [0.15, 0.2) is 48.5 Å². The van der Waals surface area contributed by atoms with E-state index in [4.69, 9.17) is 9.84 Å². The molecule has 0 radical (unpaired) electrons. The van der Waals surface area contributed by atoms with Crippen molar-refractivity contribution < 1.29 is 18.7 Å². The van der Waals surface area contributed by atoms with Crippen molar-refractivity contribution in [1.29, 1.82) is 0 Å². The standard InChI is InChI=1S/C25H26FN3O3/c1-15(2)14-22-23(17-6-10-20(11-7-17)27-24(31)18-4-5-18)25(32-16(3)30)29(28-22)21-12-8-19(26)9-13-21/h6-13,15,18H,4-5,14H2,1-3H3,(H,27,31). The third kappa shape index (κ3) is 4.88. The van der Waals surface area contributed by atoms with Crippen molar-refractivity contribution in [2.75, 3.05) is 5.32 Å². The summed E-state index contributed by atoms with van der Waals surface area (Å²) in [5.41, 5.74) is 3.60. The number of benzene rings is 2. The molecule has 1 aliphatic rings. The number of amides is 1. The Labute approximate surface area is 186 Å². The average Bonchev–Trinajstić information content (AvgIpc) is 3.53. The summed E-state index contributed by atoms with van der Waals surface area (Å²) in [5, 5.41) is 7.66. The maximum Gasteiger partial charge on any atom is 0.309 e. The summed E-state index contributed by atoms with van der Waals surface area (Å²) in [6, 6.07) is 13.3. The number of hydrogen-bond acceptors (Lipinski definition) is 4. The largest absolute Gasteiger partial charge is 0.407 e. The zero-order valence-electron chi connectivity index (χ0n) is 18.4. The number of halogens is 1. The van der Waals surface area contributed by atoms with Crippen LogP contribution in [0.2, 0.25) is 0 Å². The number of nitrogens with one attached hydrogen (secondary N) is 1. The molecule has 7 heteroatoms. The van der Waals surface area contributed by atoms with Crippen LogP contribution >= 0.6 is 0 Å². The molecule has 1 amide bonds. The van der Waals surface area contributed by atoms with E-state index in [0.29, 0.717) is 23.6 Å². The molecule has 0 bridgehead atoms. The Hall–Kier alpha value is -3.48. The highest BCUT2D eigenvalue weighted by atomic mass is 19.1. The van der Waals surface area contributed by atoms with Gasteiger partial charge in [0, 0.05) is 18.5 Å². The molecule has 6 nitrogen and oxygen atoms in total. The van der Waals surface area contributed by atoms with Crippen LogP contribution in [0.5, 0.6) is 5.88 Å². The van der Waals surface area contributed by atoms with Crippen molar-refractivity contribution in [2.24, 2.45) is 11.8 Å². The molecule has 166 valence electrons. The minimum Gasteiger partial charge on any atom is -0.407 e. The molecule has 0 atom stereocenters.